The number of likely N-dealkylation sites (tertiary alicyclic amines) is 2. The van der Waals surface area contributed by atoms with Crippen molar-refractivity contribution < 1.29 is 19.1 Å². The summed E-state index contributed by atoms with van der Waals surface area (Å²) in [7, 11) is 0. The number of ether oxygens (including phenoxy) is 2. The Hall–Kier alpha value is -1.54. The van der Waals surface area contributed by atoms with Gasteiger partial charge in [-0.1, -0.05) is 0 Å². The Morgan fingerprint density at radius 2 is 1.03 bits per heavy atom. The maximum absolute atomic E-state index is 11.8. The van der Waals surface area contributed by atoms with Gasteiger partial charge < -0.3 is 30.7 Å². The number of carbonyl (C=O) groups excluding carboxylic acids is 2. The fourth-order valence-corrected chi connectivity index (χ4v) is 4.46. The van der Waals surface area contributed by atoms with E-state index in [1.165, 1.54) is 12.8 Å². The van der Waals surface area contributed by atoms with Crippen molar-refractivity contribution in [2.24, 2.45) is 35.1 Å². The zero-order valence-electron chi connectivity index (χ0n) is 19.4. The van der Waals surface area contributed by atoms with Crippen molar-refractivity contribution in [1.29, 1.82) is 0 Å². The van der Waals surface area contributed by atoms with Crippen LogP contribution in [-0.2, 0) is 9.47 Å². The van der Waals surface area contributed by atoms with Crippen molar-refractivity contribution in [2.45, 2.75) is 77.7 Å². The van der Waals surface area contributed by atoms with Gasteiger partial charge in [-0.15, -0.1) is 0 Å². The third-order valence-corrected chi connectivity index (χ3v) is 6.13. The first-order valence-corrected chi connectivity index (χ1v) is 11.2. The molecular formula is C22H40N4O4. The first-order valence-electron chi connectivity index (χ1n) is 11.2. The maximum atomic E-state index is 11.8. The van der Waals surface area contributed by atoms with Gasteiger partial charge in [-0.25, -0.2) is 9.59 Å². The quantitative estimate of drug-likeness (QED) is 0.618. The Labute approximate surface area is 180 Å². The van der Waals surface area contributed by atoms with E-state index >= 15 is 0 Å². The molecule has 0 aromatic rings. The Kier molecular flexibility index (Phi) is 6.31. The van der Waals surface area contributed by atoms with E-state index in [2.05, 4.69) is 0 Å². The van der Waals surface area contributed by atoms with Gasteiger partial charge in [0.25, 0.3) is 0 Å². The molecule has 8 nitrogen and oxygen atoms in total. The fraction of sp³-hybridized carbons (Fsp3) is 0.909. The van der Waals surface area contributed by atoms with E-state index in [0.29, 0.717) is 36.8 Å². The van der Waals surface area contributed by atoms with Gasteiger partial charge in [0.1, 0.15) is 11.2 Å². The molecular weight excluding hydrogens is 384 g/mol. The lowest BCUT2D eigenvalue weighted by Crippen LogP contribution is -2.48. The average molecular weight is 425 g/mol. The lowest BCUT2D eigenvalue weighted by Gasteiger charge is -2.32. The molecule has 8 heteroatoms. The number of nitrogens with two attached hydrogens (primary N) is 2. The van der Waals surface area contributed by atoms with E-state index in [9.17, 15) is 9.59 Å². The summed E-state index contributed by atoms with van der Waals surface area (Å²) in [5.74, 6) is 2.56. The summed E-state index contributed by atoms with van der Waals surface area (Å²) in [6, 6.07) is 0.299. The van der Waals surface area contributed by atoms with E-state index < -0.39 is 11.2 Å². The molecule has 6 atom stereocenters. The van der Waals surface area contributed by atoms with Crippen LogP contribution in [-0.4, -0.2) is 71.5 Å². The molecule has 0 radical (unpaired) electrons. The second-order valence-electron chi connectivity index (χ2n) is 11.4. The molecule has 30 heavy (non-hydrogen) atoms. The molecule has 4 fully saturated rings. The summed E-state index contributed by atoms with van der Waals surface area (Å²) in [5.41, 5.74) is 11.1. The minimum Gasteiger partial charge on any atom is -0.444 e. The van der Waals surface area contributed by atoms with Crippen molar-refractivity contribution >= 4 is 12.2 Å². The molecule has 0 spiro atoms. The van der Waals surface area contributed by atoms with Crippen LogP contribution in [0, 0.1) is 23.7 Å². The van der Waals surface area contributed by atoms with Gasteiger partial charge in [0.05, 0.1) is 0 Å². The van der Waals surface area contributed by atoms with Crippen LogP contribution >= 0.6 is 0 Å². The van der Waals surface area contributed by atoms with Crippen LogP contribution in [0.25, 0.3) is 0 Å². The van der Waals surface area contributed by atoms with Crippen LogP contribution in [0.3, 0.4) is 0 Å². The number of piperidine rings is 2. The predicted molar refractivity (Wildman–Crippen MR) is 115 cm³/mol. The topological polar surface area (TPSA) is 111 Å². The van der Waals surface area contributed by atoms with Crippen molar-refractivity contribution in [3.8, 4) is 0 Å². The van der Waals surface area contributed by atoms with Gasteiger partial charge in [0, 0.05) is 38.3 Å². The molecule has 2 aliphatic heterocycles. The normalized spacial score (nSPS) is 34.7. The highest BCUT2D eigenvalue weighted by molar-refractivity contribution is 5.69. The highest BCUT2D eigenvalue weighted by Gasteiger charge is 2.49. The number of nitrogens with zero attached hydrogens (tertiary/aromatic N) is 2. The van der Waals surface area contributed by atoms with Crippen molar-refractivity contribution in [1.82, 2.24) is 9.80 Å². The first kappa shape index (κ1) is 23.1. The van der Waals surface area contributed by atoms with Gasteiger partial charge in [0.2, 0.25) is 0 Å². The summed E-state index contributed by atoms with van der Waals surface area (Å²) < 4.78 is 10.6. The molecule has 4 aliphatic rings. The minimum atomic E-state index is -0.415. The molecule has 172 valence electrons. The van der Waals surface area contributed by atoms with Gasteiger partial charge in [-0.2, -0.15) is 0 Å². The Bertz CT molecular complexity index is 601. The van der Waals surface area contributed by atoms with Gasteiger partial charge in [-0.3, -0.25) is 0 Å². The largest absolute Gasteiger partial charge is 0.444 e. The van der Waals surface area contributed by atoms with Crippen molar-refractivity contribution in [3.63, 3.8) is 0 Å². The summed E-state index contributed by atoms with van der Waals surface area (Å²) in [5, 5.41) is 0. The SMILES string of the molecule is CC(C)(C)OC(=O)N1C[C@@H]2C[C@H]2[C@H](N)C1.CC(C)(C)OC(=O)N1C[C@H]2C[C@@H]2[C@@H](N)C1. The second-order valence-corrected chi connectivity index (χ2v) is 11.4. The molecule has 2 saturated heterocycles. The zero-order valence-corrected chi connectivity index (χ0v) is 19.4. The van der Waals surface area contributed by atoms with Crippen molar-refractivity contribution in [3.05, 3.63) is 0 Å². The number of rotatable bonds is 0. The number of hydrogen-bond acceptors (Lipinski definition) is 6. The summed E-state index contributed by atoms with van der Waals surface area (Å²) in [6.07, 6.45) is 1.92. The number of amides is 2. The Balaban J connectivity index is 0.000000171. The van der Waals surface area contributed by atoms with Crippen LogP contribution in [0.2, 0.25) is 0 Å². The molecule has 0 aromatic carbocycles. The van der Waals surface area contributed by atoms with Crippen LogP contribution in [0.5, 0.6) is 0 Å². The Morgan fingerprint density at radius 1 is 0.700 bits per heavy atom. The van der Waals surface area contributed by atoms with Crippen LogP contribution in [0.1, 0.15) is 54.4 Å². The minimum absolute atomic E-state index is 0.149. The lowest BCUT2D eigenvalue weighted by atomic mass is 10.1. The Morgan fingerprint density at radius 3 is 1.30 bits per heavy atom. The van der Waals surface area contributed by atoms with E-state index in [1.54, 1.807) is 9.80 Å². The molecule has 2 heterocycles. The monoisotopic (exact) mass is 424 g/mol. The van der Waals surface area contributed by atoms with E-state index in [1.807, 2.05) is 41.5 Å². The fourth-order valence-electron chi connectivity index (χ4n) is 4.46. The van der Waals surface area contributed by atoms with E-state index in [4.69, 9.17) is 20.9 Å². The third kappa shape index (κ3) is 6.23. The predicted octanol–water partition coefficient (Wildman–Crippen LogP) is 2.40. The average Bonchev–Trinajstić information content (AvgIpc) is 3.45. The first-order chi connectivity index (χ1) is 13.7. The molecule has 2 saturated carbocycles. The standard InChI is InChI=1S/2C11H20N2O2/c2*1-11(2,3)15-10(14)13-5-7-4-8(7)9(12)6-13/h2*7-9H,4-6,12H2,1-3H3/t2*7-,8+,9+/m10/s1. The van der Waals surface area contributed by atoms with Gasteiger partial charge >= 0.3 is 12.2 Å². The van der Waals surface area contributed by atoms with Crippen molar-refractivity contribution in [2.75, 3.05) is 26.2 Å². The van der Waals surface area contributed by atoms with Crippen LogP contribution in [0.15, 0.2) is 0 Å². The summed E-state index contributed by atoms with van der Waals surface area (Å²) in [6.45, 7) is 14.3. The highest BCUT2D eigenvalue weighted by atomic mass is 16.6. The van der Waals surface area contributed by atoms with Crippen LogP contribution in [0.4, 0.5) is 9.59 Å². The molecule has 0 aromatic heterocycles. The zero-order chi connectivity index (χ0) is 22.4. The smallest absolute Gasteiger partial charge is 0.410 e. The maximum Gasteiger partial charge on any atom is 0.410 e. The number of hydrogen-bond donors (Lipinski definition) is 2. The molecule has 2 aliphatic carbocycles. The summed E-state index contributed by atoms with van der Waals surface area (Å²) in [4.78, 5) is 27.1. The number of carbonyl (C=O) groups is 2. The molecule has 2 amide bonds. The molecule has 4 rings (SSSR count). The third-order valence-electron chi connectivity index (χ3n) is 6.13. The highest BCUT2D eigenvalue weighted by Crippen LogP contribution is 2.45. The summed E-state index contributed by atoms with van der Waals surface area (Å²) >= 11 is 0. The van der Waals surface area contributed by atoms with E-state index in [0.717, 1.165) is 13.1 Å². The number of fused-ring (bicyclic) bond motifs is 2. The molecule has 0 unspecified atom stereocenters. The van der Waals surface area contributed by atoms with Crippen LogP contribution < -0.4 is 11.5 Å². The van der Waals surface area contributed by atoms with Gasteiger partial charge in [0.15, 0.2) is 0 Å². The van der Waals surface area contributed by atoms with E-state index in [-0.39, 0.29) is 24.3 Å². The molecule has 0 bridgehead atoms. The molecule has 4 N–H and O–H groups in total. The lowest BCUT2D eigenvalue weighted by molar-refractivity contribution is 0.0181. The van der Waals surface area contributed by atoms with Gasteiger partial charge in [-0.05, 0) is 78.1 Å². The second kappa shape index (κ2) is 8.19.